The number of aryl methyl sites for hydroxylation is 1. The van der Waals surface area contributed by atoms with Crippen LogP contribution in [-0.4, -0.2) is 77.0 Å². The highest BCUT2D eigenvalue weighted by Gasteiger charge is 2.33. The summed E-state index contributed by atoms with van der Waals surface area (Å²) in [6.45, 7) is 0.665. The van der Waals surface area contributed by atoms with Crippen molar-refractivity contribution in [1.29, 1.82) is 0 Å². The summed E-state index contributed by atoms with van der Waals surface area (Å²) in [5.74, 6) is -1.76. The van der Waals surface area contributed by atoms with Crippen LogP contribution in [0, 0.1) is 0 Å². The number of aromatic nitrogens is 1. The Morgan fingerprint density at radius 1 is 0.947 bits per heavy atom. The van der Waals surface area contributed by atoms with E-state index >= 15 is 0 Å². The number of para-hydroxylation sites is 1. The van der Waals surface area contributed by atoms with Crippen molar-refractivity contribution in [2.45, 2.75) is 37.5 Å². The zero-order chi connectivity index (χ0) is 27.5. The number of nitrogens with one attached hydrogen (secondary N) is 1. The second-order valence-corrected chi connectivity index (χ2v) is 9.14. The van der Waals surface area contributed by atoms with Crippen molar-refractivity contribution in [2.75, 3.05) is 26.2 Å². The number of rotatable bonds is 14. The first-order valence-corrected chi connectivity index (χ1v) is 12.7. The number of pyridine rings is 1. The van der Waals surface area contributed by atoms with Crippen LogP contribution in [-0.2, 0) is 27.2 Å². The fraction of sp³-hybridized carbons (Fsp3) is 0.357. The van der Waals surface area contributed by atoms with Gasteiger partial charge in [0.1, 0.15) is 6.04 Å². The summed E-state index contributed by atoms with van der Waals surface area (Å²) >= 11 is 0. The van der Waals surface area contributed by atoms with Gasteiger partial charge in [-0.1, -0.05) is 48.5 Å². The third kappa shape index (κ3) is 7.90. The van der Waals surface area contributed by atoms with Crippen LogP contribution in [0.4, 0.5) is 0 Å². The standard InChI is InChI=1S/C28H36N6O4/c29-12-14-34(15-13-30)28(38)26(36)25(31)27(37)33-23(11-10-19-6-2-1-3-7-19)24(35)17-20-16-21-8-4-5-9-22(21)32-18-20/h1-9,16,18,23,25-26,36H,10-15,17,29-31H2,(H,33,37)/t23-,25-,26+/m0/s1. The van der Waals surface area contributed by atoms with Gasteiger partial charge in [0, 0.05) is 44.2 Å². The van der Waals surface area contributed by atoms with E-state index in [4.69, 9.17) is 17.2 Å². The second-order valence-electron chi connectivity index (χ2n) is 9.14. The van der Waals surface area contributed by atoms with E-state index in [0.717, 1.165) is 16.5 Å². The maximum Gasteiger partial charge on any atom is 0.253 e. The Balaban J connectivity index is 1.73. The van der Waals surface area contributed by atoms with Crippen LogP contribution in [0.5, 0.6) is 0 Å². The Hall–Kier alpha value is -3.70. The molecule has 1 aromatic heterocycles. The molecule has 0 radical (unpaired) electrons. The van der Waals surface area contributed by atoms with Crippen LogP contribution in [0.15, 0.2) is 66.9 Å². The number of ketones is 1. The summed E-state index contributed by atoms with van der Waals surface area (Å²) in [7, 11) is 0. The zero-order valence-electron chi connectivity index (χ0n) is 21.3. The molecule has 8 N–H and O–H groups in total. The van der Waals surface area contributed by atoms with Crippen molar-refractivity contribution in [3.05, 3.63) is 78.0 Å². The Bertz CT molecular complexity index is 1220. The third-order valence-corrected chi connectivity index (χ3v) is 6.30. The van der Waals surface area contributed by atoms with E-state index in [9.17, 15) is 19.5 Å². The van der Waals surface area contributed by atoms with Crippen molar-refractivity contribution in [3.63, 3.8) is 0 Å². The molecule has 2 amide bonds. The van der Waals surface area contributed by atoms with Crippen LogP contribution >= 0.6 is 0 Å². The van der Waals surface area contributed by atoms with Gasteiger partial charge < -0.3 is 32.5 Å². The molecule has 0 saturated carbocycles. The van der Waals surface area contributed by atoms with Crippen molar-refractivity contribution in [3.8, 4) is 0 Å². The molecule has 3 rings (SSSR count). The maximum absolute atomic E-state index is 13.4. The zero-order valence-corrected chi connectivity index (χ0v) is 21.3. The first-order valence-electron chi connectivity index (χ1n) is 12.7. The third-order valence-electron chi connectivity index (χ3n) is 6.30. The quantitative estimate of drug-likeness (QED) is 0.196. The molecule has 38 heavy (non-hydrogen) atoms. The van der Waals surface area contributed by atoms with Crippen molar-refractivity contribution in [2.24, 2.45) is 17.2 Å². The molecule has 0 fully saturated rings. The number of aliphatic hydroxyl groups excluding tert-OH is 1. The van der Waals surface area contributed by atoms with Crippen LogP contribution < -0.4 is 22.5 Å². The largest absolute Gasteiger partial charge is 0.381 e. The van der Waals surface area contributed by atoms with Gasteiger partial charge in [-0.3, -0.25) is 19.4 Å². The average molecular weight is 521 g/mol. The predicted octanol–water partition coefficient (Wildman–Crippen LogP) is -0.102. The number of amides is 2. The molecule has 0 unspecified atom stereocenters. The number of aliphatic hydroxyl groups is 1. The minimum Gasteiger partial charge on any atom is -0.381 e. The summed E-state index contributed by atoms with van der Waals surface area (Å²) in [6.07, 6.45) is 0.745. The monoisotopic (exact) mass is 520 g/mol. The first-order chi connectivity index (χ1) is 18.3. The molecule has 1 heterocycles. The Morgan fingerprint density at radius 3 is 2.29 bits per heavy atom. The van der Waals surface area contributed by atoms with Crippen molar-refractivity contribution < 1.29 is 19.5 Å². The van der Waals surface area contributed by atoms with E-state index in [1.807, 2.05) is 60.7 Å². The van der Waals surface area contributed by atoms with Crippen molar-refractivity contribution >= 4 is 28.5 Å². The van der Waals surface area contributed by atoms with E-state index in [-0.39, 0.29) is 38.4 Å². The lowest BCUT2D eigenvalue weighted by atomic mass is 9.97. The number of hydrogen-bond donors (Lipinski definition) is 5. The molecule has 0 bridgehead atoms. The van der Waals surface area contributed by atoms with Gasteiger partial charge in [0.05, 0.1) is 11.6 Å². The molecular formula is C28H36N6O4. The first kappa shape index (κ1) is 28.9. The number of nitrogens with zero attached hydrogens (tertiary/aromatic N) is 2. The fourth-order valence-electron chi connectivity index (χ4n) is 4.20. The summed E-state index contributed by atoms with van der Waals surface area (Å²) in [5.41, 5.74) is 19.6. The van der Waals surface area contributed by atoms with Gasteiger partial charge in [0.2, 0.25) is 5.91 Å². The molecule has 3 aromatic rings. The number of benzene rings is 2. The molecule has 0 aliphatic rings. The van der Waals surface area contributed by atoms with E-state index in [1.54, 1.807) is 6.20 Å². The average Bonchev–Trinajstić information content (AvgIpc) is 2.94. The number of nitrogens with two attached hydrogens (primary N) is 3. The lowest BCUT2D eigenvalue weighted by Crippen LogP contribution is -2.58. The Labute approximate surface area is 222 Å². The minimum atomic E-state index is -1.80. The van der Waals surface area contributed by atoms with Gasteiger partial charge in [-0.05, 0) is 36.1 Å². The SMILES string of the molecule is NCCN(CCN)C(=O)[C@H](O)[C@H](N)C(=O)N[C@@H](CCc1ccccc1)C(=O)Cc1cnc2ccccc2c1. The Morgan fingerprint density at radius 2 is 1.61 bits per heavy atom. The van der Waals surface area contributed by atoms with E-state index in [1.165, 1.54) is 4.90 Å². The normalized spacial score (nSPS) is 13.5. The lowest BCUT2D eigenvalue weighted by Gasteiger charge is -2.27. The van der Waals surface area contributed by atoms with Gasteiger partial charge in [0.15, 0.2) is 11.9 Å². The Kier molecular flexibility index (Phi) is 10.9. The number of carbonyl (C=O) groups is 3. The van der Waals surface area contributed by atoms with Crippen LogP contribution in [0.3, 0.4) is 0 Å². The number of carbonyl (C=O) groups excluding carboxylic acids is 3. The molecule has 0 saturated heterocycles. The molecule has 202 valence electrons. The molecule has 2 aromatic carbocycles. The molecular weight excluding hydrogens is 484 g/mol. The van der Waals surface area contributed by atoms with E-state index in [0.29, 0.717) is 18.4 Å². The summed E-state index contributed by atoms with van der Waals surface area (Å²) in [5, 5.41) is 14.1. The summed E-state index contributed by atoms with van der Waals surface area (Å²) in [6, 6.07) is 16.6. The van der Waals surface area contributed by atoms with Gasteiger partial charge in [-0.25, -0.2) is 0 Å². The molecule has 0 aliphatic heterocycles. The molecule has 10 nitrogen and oxygen atoms in total. The topological polar surface area (TPSA) is 178 Å². The molecule has 10 heteroatoms. The highest BCUT2D eigenvalue weighted by Crippen LogP contribution is 2.15. The molecule has 0 spiro atoms. The predicted molar refractivity (Wildman–Crippen MR) is 146 cm³/mol. The van der Waals surface area contributed by atoms with Crippen LogP contribution in [0.2, 0.25) is 0 Å². The molecule has 0 aliphatic carbocycles. The van der Waals surface area contributed by atoms with E-state index in [2.05, 4.69) is 10.3 Å². The van der Waals surface area contributed by atoms with Crippen LogP contribution in [0.1, 0.15) is 17.5 Å². The minimum absolute atomic E-state index is 0.0507. The smallest absolute Gasteiger partial charge is 0.253 e. The van der Waals surface area contributed by atoms with Gasteiger partial charge in [-0.15, -0.1) is 0 Å². The van der Waals surface area contributed by atoms with Gasteiger partial charge in [0.25, 0.3) is 5.91 Å². The lowest BCUT2D eigenvalue weighted by molar-refractivity contribution is -0.144. The number of fused-ring (bicyclic) bond motifs is 1. The highest BCUT2D eigenvalue weighted by molar-refractivity contribution is 5.95. The summed E-state index contributed by atoms with van der Waals surface area (Å²) in [4.78, 5) is 44.7. The maximum atomic E-state index is 13.4. The number of Topliss-reactive ketones (excluding diaryl/α,β-unsaturated/α-hetero) is 1. The van der Waals surface area contributed by atoms with Crippen molar-refractivity contribution in [1.82, 2.24) is 15.2 Å². The second kappa shape index (κ2) is 14.3. The fourth-order valence-corrected chi connectivity index (χ4v) is 4.20. The molecule has 3 atom stereocenters. The summed E-state index contributed by atoms with van der Waals surface area (Å²) < 4.78 is 0. The highest BCUT2D eigenvalue weighted by atomic mass is 16.3. The number of hydrogen-bond acceptors (Lipinski definition) is 8. The van der Waals surface area contributed by atoms with Gasteiger partial charge in [-0.2, -0.15) is 0 Å². The van der Waals surface area contributed by atoms with Crippen LogP contribution in [0.25, 0.3) is 10.9 Å². The van der Waals surface area contributed by atoms with E-state index < -0.39 is 30.0 Å². The van der Waals surface area contributed by atoms with Gasteiger partial charge >= 0.3 is 0 Å².